The number of carbonyl (C=O) groups is 1. The molecule has 0 aliphatic rings. The Morgan fingerprint density at radius 3 is 2.30 bits per heavy atom. The first-order chi connectivity index (χ1) is 9.50. The van der Waals surface area contributed by atoms with Gasteiger partial charge >= 0.3 is 0 Å². The highest BCUT2D eigenvalue weighted by Crippen LogP contribution is 2.21. The van der Waals surface area contributed by atoms with Crippen LogP contribution in [0.15, 0.2) is 12.1 Å². The van der Waals surface area contributed by atoms with Crippen LogP contribution in [0.4, 0.5) is 0 Å². The van der Waals surface area contributed by atoms with Gasteiger partial charge in [0.25, 0.3) is 5.91 Å². The predicted octanol–water partition coefficient (Wildman–Crippen LogP) is 4.39. The molecule has 1 heterocycles. The fourth-order valence-electron chi connectivity index (χ4n) is 2.39. The summed E-state index contributed by atoms with van der Waals surface area (Å²) < 4.78 is 0. The van der Waals surface area contributed by atoms with Gasteiger partial charge in [-0.2, -0.15) is 0 Å². The number of hydrogen-bond acceptors (Lipinski definition) is 2. The quantitative estimate of drug-likeness (QED) is 0.758. The average Bonchev–Trinajstić information content (AvgIpc) is 2.44. The van der Waals surface area contributed by atoms with Gasteiger partial charge in [0.1, 0.15) is 5.15 Å². The molecule has 0 fully saturated rings. The van der Waals surface area contributed by atoms with Crippen molar-refractivity contribution in [2.45, 2.75) is 65.3 Å². The molecule has 0 radical (unpaired) electrons. The van der Waals surface area contributed by atoms with Gasteiger partial charge in [-0.05, 0) is 37.8 Å². The molecule has 1 N–H and O–H groups in total. The van der Waals surface area contributed by atoms with Crippen LogP contribution in [0.25, 0.3) is 0 Å². The number of pyridine rings is 1. The van der Waals surface area contributed by atoms with Crippen molar-refractivity contribution >= 4 is 17.5 Å². The highest BCUT2D eigenvalue weighted by atomic mass is 35.5. The van der Waals surface area contributed by atoms with E-state index in [-0.39, 0.29) is 11.4 Å². The first kappa shape index (κ1) is 17.0. The van der Waals surface area contributed by atoms with Gasteiger partial charge in [0, 0.05) is 16.8 Å². The van der Waals surface area contributed by atoms with Gasteiger partial charge in [-0.15, -0.1) is 0 Å². The first-order valence-electron chi connectivity index (χ1n) is 7.49. The molecular formula is C16H25ClN2O. The topological polar surface area (TPSA) is 42.0 Å². The lowest BCUT2D eigenvalue weighted by Gasteiger charge is -2.31. The van der Waals surface area contributed by atoms with Crippen LogP contribution in [0, 0.1) is 0 Å². The Kier molecular flexibility index (Phi) is 6.47. The molecule has 0 aliphatic carbocycles. The molecule has 0 saturated carbocycles. The number of nitrogens with zero attached hydrogens (tertiary/aromatic N) is 1. The number of carbonyl (C=O) groups excluding carboxylic acids is 1. The van der Waals surface area contributed by atoms with Gasteiger partial charge in [0.2, 0.25) is 0 Å². The zero-order valence-electron chi connectivity index (χ0n) is 12.9. The van der Waals surface area contributed by atoms with Crippen molar-refractivity contribution in [2.24, 2.45) is 0 Å². The zero-order valence-corrected chi connectivity index (χ0v) is 13.7. The largest absolute Gasteiger partial charge is 0.347 e. The van der Waals surface area contributed by atoms with E-state index in [1.165, 1.54) is 0 Å². The number of nitrogens with one attached hydrogen (secondary N) is 1. The van der Waals surface area contributed by atoms with Crippen LogP contribution in [0.1, 0.15) is 69.4 Å². The van der Waals surface area contributed by atoms with Gasteiger partial charge in [-0.25, -0.2) is 4.98 Å². The second-order valence-corrected chi connectivity index (χ2v) is 5.60. The Hall–Kier alpha value is -1.09. The van der Waals surface area contributed by atoms with E-state index in [2.05, 4.69) is 38.0 Å². The van der Waals surface area contributed by atoms with Gasteiger partial charge in [-0.1, -0.05) is 45.7 Å². The van der Waals surface area contributed by atoms with Crippen molar-refractivity contribution in [1.82, 2.24) is 10.3 Å². The molecule has 0 bridgehead atoms. The Morgan fingerprint density at radius 2 is 1.80 bits per heavy atom. The Balaban J connectivity index is 2.97. The lowest BCUT2D eigenvalue weighted by atomic mass is 9.89. The van der Waals surface area contributed by atoms with Crippen molar-refractivity contribution in [2.75, 3.05) is 0 Å². The summed E-state index contributed by atoms with van der Waals surface area (Å²) in [5, 5.41) is 3.55. The van der Waals surface area contributed by atoms with Crippen molar-refractivity contribution < 1.29 is 4.79 Å². The van der Waals surface area contributed by atoms with E-state index < -0.39 is 0 Å². The molecule has 1 amide bonds. The minimum Gasteiger partial charge on any atom is -0.347 e. The number of halogens is 1. The summed E-state index contributed by atoms with van der Waals surface area (Å²) in [5.41, 5.74) is 1.35. The maximum Gasteiger partial charge on any atom is 0.251 e. The Morgan fingerprint density at radius 1 is 1.20 bits per heavy atom. The Bertz CT molecular complexity index is 448. The lowest BCUT2D eigenvalue weighted by molar-refractivity contribution is 0.0888. The molecule has 4 heteroatoms. The summed E-state index contributed by atoms with van der Waals surface area (Å²) in [7, 11) is 0. The summed E-state index contributed by atoms with van der Waals surface area (Å²) in [6, 6.07) is 3.48. The minimum absolute atomic E-state index is 0.0581. The average molecular weight is 297 g/mol. The molecule has 112 valence electrons. The standard InChI is InChI=1S/C16H25ClN2O/c1-5-9-13-10-12(11-14(17)18-13)15(20)19-16(6-2,7-3)8-4/h10-11H,5-9H2,1-4H3,(H,19,20). The number of aryl methyl sites for hydroxylation is 1. The predicted molar refractivity (Wildman–Crippen MR) is 84.3 cm³/mol. The monoisotopic (exact) mass is 296 g/mol. The van der Waals surface area contributed by atoms with Crippen LogP contribution in [0.3, 0.4) is 0 Å². The summed E-state index contributed by atoms with van der Waals surface area (Å²) in [5.74, 6) is -0.0581. The second-order valence-electron chi connectivity index (χ2n) is 5.21. The van der Waals surface area contributed by atoms with E-state index in [1.807, 2.05) is 6.07 Å². The van der Waals surface area contributed by atoms with Crippen LogP contribution in [-0.2, 0) is 6.42 Å². The zero-order chi connectivity index (χ0) is 15.2. The molecule has 0 unspecified atom stereocenters. The number of amides is 1. The molecule has 20 heavy (non-hydrogen) atoms. The van der Waals surface area contributed by atoms with Crippen LogP contribution < -0.4 is 5.32 Å². The molecule has 0 aromatic carbocycles. The van der Waals surface area contributed by atoms with E-state index in [0.717, 1.165) is 37.8 Å². The molecule has 0 saturated heterocycles. The van der Waals surface area contributed by atoms with E-state index in [4.69, 9.17) is 11.6 Å². The number of rotatable bonds is 7. The van der Waals surface area contributed by atoms with Gasteiger partial charge in [0.05, 0.1) is 0 Å². The first-order valence-corrected chi connectivity index (χ1v) is 7.87. The maximum atomic E-state index is 12.4. The third kappa shape index (κ3) is 4.20. The minimum atomic E-state index is -0.127. The molecule has 3 nitrogen and oxygen atoms in total. The molecule has 1 rings (SSSR count). The van der Waals surface area contributed by atoms with E-state index in [1.54, 1.807) is 6.07 Å². The van der Waals surface area contributed by atoms with Crippen LogP contribution in [0.5, 0.6) is 0 Å². The fourth-order valence-corrected chi connectivity index (χ4v) is 2.62. The highest BCUT2D eigenvalue weighted by molar-refractivity contribution is 6.29. The summed E-state index contributed by atoms with van der Waals surface area (Å²) in [6.07, 6.45) is 4.59. The third-order valence-corrected chi connectivity index (χ3v) is 4.22. The third-order valence-electron chi connectivity index (χ3n) is 4.02. The molecular weight excluding hydrogens is 272 g/mol. The van der Waals surface area contributed by atoms with Gasteiger partial charge in [-0.3, -0.25) is 4.79 Å². The van der Waals surface area contributed by atoms with Crippen molar-refractivity contribution in [1.29, 1.82) is 0 Å². The molecule has 0 atom stereocenters. The van der Waals surface area contributed by atoms with Crippen molar-refractivity contribution in [3.05, 3.63) is 28.5 Å². The smallest absolute Gasteiger partial charge is 0.251 e. The number of hydrogen-bond donors (Lipinski definition) is 1. The number of aromatic nitrogens is 1. The van der Waals surface area contributed by atoms with E-state index in [9.17, 15) is 4.79 Å². The second kappa shape index (κ2) is 7.63. The van der Waals surface area contributed by atoms with Gasteiger partial charge < -0.3 is 5.32 Å². The van der Waals surface area contributed by atoms with Gasteiger partial charge in [0.15, 0.2) is 0 Å². The maximum absolute atomic E-state index is 12.4. The molecule has 1 aromatic heterocycles. The van der Waals surface area contributed by atoms with Crippen molar-refractivity contribution in [3.8, 4) is 0 Å². The van der Waals surface area contributed by atoms with Crippen LogP contribution >= 0.6 is 11.6 Å². The highest BCUT2D eigenvalue weighted by Gasteiger charge is 2.26. The summed E-state index contributed by atoms with van der Waals surface area (Å²) in [4.78, 5) is 16.7. The van der Waals surface area contributed by atoms with Crippen molar-refractivity contribution in [3.63, 3.8) is 0 Å². The molecule has 0 spiro atoms. The Labute approximate surface area is 127 Å². The lowest BCUT2D eigenvalue weighted by Crippen LogP contribution is -2.47. The summed E-state index contributed by atoms with van der Waals surface area (Å²) >= 11 is 6.01. The SMILES string of the molecule is CCCc1cc(C(=O)NC(CC)(CC)CC)cc(Cl)n1. The van der Waals surface area contributed by atoms with E-state index >= 15 is 0 Å². The van der Waals surface area contributed by atoms with Crippen LogP contribution in [0.2, 0.25) is 5.15 Å². The summed E-state index contributed by atoms with van der Waals surface area (Å²) in [6.45, 7) is 8.40. The van der Waals surface area contributed by atoms with E-state index in [0.29, 0.717) is 10.7 Å². The molecule has 1 aromatic rings. The van der Waals surface area contributed by atoms with Crippen LogP contribution in [-0.4, -0.2) is 16.4 Å². The molecule has 0 aliphatic heterocycles. The normalized spacial score (nSPS) is 11.4. The fraction of sp³-hybridized carbons (Fsp3) is 0.625.